The number of aryl methyl sites for hydroxylation is 2. The lowest BCUT2D eigenvalue weighted by atomic mass is 9.79. The van der Waals surface area contributed by atoms with Crippen LogP contribution in [0.3, 0.4) is 0 Å². The van der Waals surface area contributed by atoms with Crippen molar-refractivity contribution in [3.63, 3.8) is 0 Å². The lowest BCUT2D eigenvalue weighted by Gasteiger charge is -2.44. The molecule has 7 rings (SSSR count). The molecule has 1 atom stereocenters. The van der Waals surface area contributed by atoms with E-state index in [1.807, 2.05) is 31.7 Å². The van der Waals surface area contributed by atoms with E-state index in [4.69, 9.17) is 14.5 Å². The molecule has 4 aromatic heterocycles. The standard InChI is InChI=1S/C27H23FN8O/c1-16-31-25(34-37-16)27(18-13-30-35(2)15-18)24-21(20-5-3-4-6-22(20)32-24)11-12-36(27)26-29-14-23(33-26)17-7-9-19(28)10-8-17/h3-10,13-15,32H,11-12H2,1-2H3,(H,29,33)/t27-/m1/s1. The summed E-state index contributed by atoms with van der Waals surface area (Å²) >= 11 is 0. The highest BCUT2D eigenvalue weighted by atomic mass is 19.1. The minimum atomic E-state index is -0.990. The number of hydrogen-bond donors (Lipinski definition) is 2. The largest absolute Gasteiger partial charge is 0.356 e. The van der Waals surface area contributed by atoms with Crippen LogP contribution in [0.15, 0.2) is 71.6 Å². The number of benzene rings is 2. The van der Waals surface area contributed by atoms with Crippen molar-refractivity contribution in [2.45, 2.75) is 18.9 Å². The monoisotopic (exact) mass is 494 g/mol. The summed E-state index contributed by atoms with van der Waals surface area (Å²) in [6, 6.07) is 14.6. The minimum absolute atomic E-state index is 0.287. The SMILES string of the molecule is Cc1nc([C@@]2(c3cnn(C)c3)c3[nH]c4ccccc4c3CCN2c2nc(-c3ccc(F)cc3)c[nH]2)no1. The van der Waals surface area contributed by atoms with Gasteiger partial charge in [-0.1, -0.05) is 23.4 Å². The van der Waals surface area contributed by atoms with Gasteiger partial charge in [0.05, 0.1) is 17.6 Å². The fourth-order valence-corrected chi connectivity index (χ4v) is 5.49. The molecule has 0 aliphatic carbocycles. The van der Waals surface area contributed by atoms with Gasteiger partial charge in [-0.15, -0.1) is 0 Å². The van der Waals surface area contributed by atoms with Crippen LogP contribution in [0.1, 0.15) is 28.5 Å². The van der Waals surface area contributed by atoms with Gasteiger partial charge in [-0.3, -0.25) is 4.68 Å². The van der Waals surface area contributed by atoms with E-state index in [1.54, 1.807) is 23.7 Å². The number of nitrogens with zero attached hydrogens (tertiary/aromatic N) is 6. The van der Waals surface area contributed by atoms with Crippen LogP contribution in [0.25, 0.3) is 22.2 Å². The van der Waals surface area contributed by atoms with E-state index in [2.05, 4.69) is 43.3 Å². The lowest BCUT2D eigenvalue weighted by molar-refractivity contribution is 0.371. The Labute approximate surface area is 211 Å². The summed E-state index contributed by atoms with van der Waals surface area (Å²) in [4.78, 5) is 18.9. The Morgan fingerprint density at radius 2 is 1.92 bits per heavy atom. The molecular weight excluding hydrogens is 471 g/mol. The molecule has 0 unspecified atom stereocenters. The first-order valence-electron chi connectivity index (χ1n) is 12.0. The van der Waals surface area contributed by atoms with E-state index in [0.29, 0.717) is 29.9 Å². The van der Waals surface area contributed by atoms with Crippen molar-refractivity contribution in [1.82, 2.24) is 34.9 Å². The maximum absolute atomic E-state index is 13.5. The molecule has 37 heavy (non-hydrogen) atoms. The smallest absolute Gasteiger partial charge is 0.223 e. The van der Waals surface area contributed by atoms with Gasteiger partial charge >= 0.3 is 0 Å². The van der Waals surface area contributed by atoms with Gasteiger partial charge in [0.15, 0.2) is 5.54 Å². The van der Waals surface area contributed by atoms with Gasteiger partial charge in [0, 0.05) is 54.9 Å². The van der Waals surface area contributed by atoms with E-state index in [1.165, 1.54) is 17.7 Å². The lowest BCUT2D eigenvalue weighted by Crippen LogP contribution is -2.53. The quantitative estimate of drug-likeness (QED) is 0.375. The number of fused-ring (bicyclic) bond motifs is 3. The molecule has 5 heterocycles. The second-order valence-corrected chi connectivity index (χ2v) is 9.29. The molecule has 0 amide bonds. The highest BCUT2D eigenvalue weighted by Crippen LogP contribution is 2.48. The number of para-hydroxylation sites is 1. The third-order valence-corrected chi connectivity index (χ3v) is 7.10. The van der Waals surface area contributed by atoms with Crippen molar-refractivity contribution in [2.24, 2.45) is 7.05 Å². The molecule has 0 saturated heterocycles. The van der Waals surface area contributed by atoms with E-state index in [0.717, 1.165) is 34.1 Å². The topological polar surface area (TPSA) is 104 Å². The second-order valence-electron chi connectivity index (χ2n) is 9.29. The average molecular weight is 495 g/mol. The van der Waals surface area contributed by atoms with Gasteiger partial charge in [-0.2, -0.15) is 10.1 Å². The molecule has 10 heteroatoms. The number of nitrogens with one attached hydrogen (secondary N) is 2. The van der Waals surface area contributed by atoms with Crippen molar-refractivity contribution in [3.05, 3.63) is 101 Å². The Kier molecular flexibility index (Phi) is 4.59. The molecular formula is C27H23FN8O. The number of hydrogen-bond acceptors (Lipinski definition) is 6. The molecule has 0 radical (unpaired) electrons. The van der Waals surface area contributed by atoms with E-state index >= 15 is 0 Å². The number of halogens is 1. The van der Waals surface area contributed by atoms with Gasteiger partial charge < -0.3 is 19.4 Å². The average Bonchev–Trinajstić information content (AvgIpc) is 3.70. The predicted octanol–water partition coefficient (Wildman–Crippen LogP) is 4.48. The number of aromatic amines is 2. The molecule has 0 fully saturated rings. The summed E-state index contributed by atoms with van der Waals surface area (Å²) < 4.78 is 20.8. The number of aromatic nitrogens is 7. The predicted molar refractivity (Wildman–Crippen MR) is 135 cm³/mol. The second kappa shape index (κ2) is 7.89. The Hall–Kier alpha value is -4.73. The van der Waals surface area contributed by atoms with Crippen molar-refractivity contribution < 1.29 is 8.91 Å². The zero-order valence-electron chi connectivity index (χ0n) is 20.2. The van der Waals surface area contributed by atoms with Gasteiger partial charge in [-0.05, 0) is 42.3 Å². The van der Waals surface area contributed by atoms with Crippen LogP contribution >= 0.6 is 0 Å². The Bertz CT molecular complexity index is 1700. The summed E-state index contributed by atoms with van der Waals surface area (Å²) in [5, 5.41) is 10.1. The molecule has 1 aliphatic rings. The normalized spacial score (nSPS) is 17.4. The number of imidazole rings is 1. The fourth-order valence-electron chi connectivity index (χ4n) is 5.49. The van der Waals surface area contributed by atoms with Gasteiger partial charge in [-0.25, -0.2) is 9.37 Å². The zero-order chi connectivity index (χ0) is 25.1. The van der Waals surface area contributed by atoms with E-state index < -0.39 is 5.54 Å². The maximum Gasteiger partial charge on any atom is 0.223 e. The molecule has 2 N–H and O–H groups in total. The molecule has 1 aliphatic heterocycles. The summed E-state index contributed by atoms with van der Waals surface area (Å²) in [6.07, 6.45) is 6.43. The van der Waals surface area contributed by atoms with Crippen LogP contribution in [0, 0.1) is 12.7 Å². The molecule has 2 aromatic carbocycles. The third-order valence-electron chi connectivity index (χ3n) is 7.10. The molecule has 184 valence electrons. The van der Waals surface area contributed by atoms with Crippen molar-refractivity contribution in [3.8, 4) is 11.3 Å². The maximum atomic E-state index is 13.5. The van der Waals surface area contributed by atoms with Crippen LogP contribution in [0.4, 0.5) is 10.3 Å². The van der Waals surface area contributed by atoms with Gasteiger partial charge in [0.25, 0.3) is 0 Å². The Morgan fingerprint density at radius 3 is 2.68 bits per heavy atom. The minimum Gasteiger partial charge on any atom is -0.356 e. The van der Waals surface area contributed by atoms with E-state index in [-0.39, 0.29) is 5.82 Å². The van der Waals surface area contributed by atoms with Gasteiger partial charge in [0.1, 0.15) is 5.82 Å². The number of anilines is 1. The molecule has 0 bridgehead atoms. The molecule has 0 spiro atoms. The molecule has 9 nitrogen and oxygen atoms in total. The van der Waals surface area contributed by atoms with Crippen LogP contribution < -0.4 is 4.90 Å². The van der Waals surface area contributed by atoms with Crippen LogP contribution in [-0.4, -0.2) is 41.4 Å². The van der Waals surface area contributed by atoms with Gasteiger partial charge in [0.2, 0.25) is 17.7 Å². The zero-order valence-corrected chi connectivity index (χ0v) is 20.2. The molecule has 0 saturated carbocycles. The first kappa shape index (κ1) is 21.5. The number of rotatable bonds is 4. The third kappa shape index (κ3) is 3.15. The summed E-state index contributed by atoms with van der Waals surface area (Å²) in [6.45, 7) is 2.42. The number of H-pyrrole nitrogens is 2. The highest BCUT2D eigenvalue weighted by Gasteiger charge is 2.53. The molecule has 6 aromatic rings. The first-order chi connectivity index (χ1) is 18.0. The summed E-state index contributed by atoms with van der Waals surface area (Å²) in [7, 11) is 1.89. The van der Waals surface area contributed by atoms with Crippen molar-refractivity contribution >= 4 is 16.9 Å². The summed E-state index contributed by atoms with van der Waals surface area (Å²) in [5.74, 6) is 1.30. The van der Waals surface area contributed by atoms with E-state index in [9.17, 15) is 4.39 Å². The Balaban J connectivity index is 1.50. The van der Waals surface area contributed by atoms with Crippen molar-refractivity contribution in [2.75, 3.05) is 11.4 Å². The fraction of sp³-hybridized carbons (Fsp3) is 0.185. The van der Waals surface area contributed by atoms with Crippen LogP contribution in [-0.2, 0) is 19.0 Å². The van der Waals surface area contributed by atoms with Crippen LogP contribution in [0.2, 0.25) is 0 Å². The van der Waals surface area contributed by atoms with Crippen LogP contribution in [0.5, 0.6) is 0 Å². The van der Waals surface area contributed by atoms with Crippen molar-refractivity contribution in [1.29, 1.82) is 0 Å². The highest BCUT2D eigenvalue weighted by molar-refractivity contribution is 5.87. The first-order valence-corrected chi connectivity index (χ1v) is 12.0. The Morgan fingerprint density at radius 1 is 1.08 bits per heavy atom. The summed E-state index contributed by atoms with van der Waals surface area (Å²) in [5.41, 5.74) is 4.60.